The Morgan fingerprint density at radius 1 is 1.13 bits per heavy atom. The molecule has 2 rings (SSSR count). The molecule has 4 heteroatoms. The van der Waals surface area contributed by atoms with E-state index in [1.54, 1.807) is 6.07 Å². The number of halogens is 1. The zero-order valence-electron chi connectivity index (χ0n) is 13.9. The number of hydrogen-bond acceptors (Lipinski definition) is 2. The second-order valence-electron chi connectivity index (χ2n) is 5.79. The summed E-state index contributed by atoms with van der Waals surface area (Å²) in [5.41, 5.74) is 3.87. The Morgan fingerprint density at radius 2 is 1.78 bits per heavy atom. The molecule has 0 aliphatic rings. The van der Waals surface area contributed by atoms with E-state index in [1.165, 1.54) is 0 Å². The number of carbonyl (C=O) groups is 1. The zero-order chi connectivity index (χ0) is 17.0. The van der Waals surface area contributed by atoms with E-state index in [0.717, 1.165) is 16.7 Å². The molecule has 0 saturated carbocycles. The van der Waals surface area contributed by atoms with Gasteiger partial charge in [-0.1, -0.05) is 30.7 Å². The van der Waals surface area contributed by atoms with E-state index in [9.17, 15) is 4.79 Å². The van der Waals surface area contributed by atoms with Crippen LogP contribution in [0.25, 0.3) is 0 Å². The Hall–Kier alpha value is -2.00. The third-order valence-corrected chi connectivity index (χ3v) is 3.98. The molecule has 0 heterocycles. The molecule has 0 aliphatic carbocycles. The Kier molecular flexibility index (Phi) is 5.67. The van der Waals surface area contributed by atoms with E-state index >= 15 is 0 Å². The van der Waals surface area contributed by atoms with Gasteiger partial charge in [0.25, 0.3) is 5.91 Å². The van der Waals surface area contributed by atoms with Crippen molar-refractivity contribution in [2.45, 2.75) is 40.2 Å². The van der Waals surface area contributed by atoms with Crippen LogP contribution >= 0.6 is 11.6 Å². The first-order valence-corrected chi connectivity index (χ1v) is 8.09. The van der Waals surface area contributed by atoms with Crippen LogP contribution < -0.4 is 10.1 Å². The second kappa shape index (κ2) is 7.51. The van der Waals surface area contributed by atoms with Crippen LogP contribution in [0.2, 0.25) is 5.02 Å². The minimum Gasteiger partial charge on any atom is -0.481 e. The minimum absolute atomic E-state index is 0.174. The van der Waals surface area contributed by atoms with Gasteiger partial charge in [0.05, 0.1) is 0 Å². The topological polar surface area (TPSA) is 38.3 Å². The van der Waals surface area contributed by atoms with E-state index in [0.29, 0.717) is 22.9 Å². The number of hydrogen-bond donors (Lipinski definition) is 1. The summed E-state index contributed by atoms with van der Waals surface area (Å²) in [6.45, 7) is 7.87. The summed E-state index contributed by atoms with van der Waals surface area (Å²) in [6, 6.07) is 11.4. The molecule has 1 unspecified atom stereocenters. The van der Waals surface area contributed by atoms with Gasteiger partial charge in [-0.05, 0) is 68.1 Å². The van der Waals surface area contributed by atoms with Crippen LogP contribution in [0.4, 0.5) is 5.69 Å². The lowest BCUT2D eigenvalue weighted by atomic mass is 10.1. The molecule has 0 bridgehead atoms. The first-order valence-electron chi connectivity index (χ1n) is 7.71. The predicted octanol–water partition coefficient (Wildman–Crippen LogP) is 5.06. The fraction of sp³-hybridized carbons (Fsp3) is 0.316. The van der Waals surface area contributed by atoms with Crippen molar-refractivity contribution in [3.8, 4) is 5.75 Å². The summed E-state index contributed by atoms with van der Waals surface area (Å²) >= 11 is 6.09. The molecule has 0 saturated heterocycles. The normalized spacial score (nSPS) is 11.9. The van der Waals surface area contributed by atoms with Gasteiger partial charge < -0.3 is 10.1 Å². The molecule has 0 spiro atoms. The van der Waals surface area contributed by atoms with Crippen molar-refractivity contribution in [1.82, 2.24) is 0 Å². The summed E-state index contributed by atoms with van der Waals surface area (Å²) in [7, 11) is 0. The summed E-state index contributed by atoms with van der Waals surface area (Å²) in [5, 5.41) is 3.49. The molecule has 1 atom stereocenters. The maximum Gasteiger partial charge on any atom is 0.265 e. The van der Waals surface area contributed by atoms with Crippen molar-refractivity contribution >= 4 is 23.2 Å². The number of rotatable bonds is 5. The van der Waals surface area contributed by atoms with Gasteiger partial charge in [0, 0.05) is 10.7 Å². The number of benzene rings is 2. The summed E-state index contributed by atoms with van der Waals surface area (Å²) in [4.78, 5) is 12.4. The molecule has 0 aromatic heterocycles. The zero-order valence-corrected chi connectivity index (χ0v) is 14.7. The fourth-order valence-corrected chi connectivity index (χ4v) is 2.56. The van der Waals surface area contributed by atoms with Gasteiger partial charge >= 0.3 is 0 Å². The molecule has 1 amide bonds. The van der Waals surface area contributed by atoms with E-state index in [4.69, 9.17) is 16.3 Å². The molecule has 2 aromatic carbocycles. The monoisotopic (exact) mass is 331 g/mol. The smallest absolute Gasteiger partial charge is 0.265 e. The van der Waals surface area contributed by atoms with E-state index in [-0.39, 0.29) is 5.91 Å². The molecular weight excluding hydrogens is 310 g/mol. The summed E-state index contributed by atoms with van der Waals surface area (Å²) in [6.07, 6.45) is 0.0366. The third kappa shape index (κ3) is 4.73. The van der Waals surface area contributed by atoms with E-state index in [2.05, 4.69) is 11.4 Å². The van der Waals surface area contributed by atoms with Crippen molar-refractivity contribution < 1.29 is 9.53 Å². The van der Waals surface area contributed by atoms with E-state index < -0.39 is 6.10 Å². The maximum absolute atomic E-state index is 12.4. The molecule has 3 nitrogen and oxygen atoms in total. The molecule has 0 aliphatic heterocycles. The number of ether oxygens (including phenoxy) is 1. The quantitative estimate of drug-likeness (QED) is 0.831. The number of anilines is 1. The Morgan fingerprint density at radius 3 is 2.35 bits per heavy atom. The molecular formula is C19H22ClNO2. The first-order chi connectivity index (χ1) is 10.9. The van der Waals surface area contributed by atoms with Gasteiger partial charge in [0.1, 0.15) is 5.75 Å². The molecule has 122 valence electrons. The Labute approximate surface area is 142 Å². The second-order valence-corrected chi connectivity index (χ2v) is 6.20. The lowest BCUT2D eigenvalue weighted by Gasteiger charge is -2.18. The van der Waals surface area contributed by atoms with Crippen LogP contribution in [0, 0.1) is 20.8 Å². The van der Waals surface area contributed by atoms with Gasteiger partial charge in [-0.3, -0.25) is 4.79 Å². The van der Waals surface area contributed by atoms with Gasteiger partial charge in [0.15, 0.2) is 6.10 Å². The SMILES string of the molecule is CCC(Oc1cc(C)cc(C)c1)C(=O)Nc1ccc(C)c(Cl)c1. The highest BCUT2D eigenvalue weighted by molar-refractivity contribution is 6.31. The summed E-state index contributed by atoms with van der Waals surface area (Å²) < 4.78 is 5.87. The van der Waals surface area contributed by atoms with Gasteiger partial charge in [-0.25, -0.2) is 0 Å². The Balaban J connectivity index is 2.10. The van der Waals surface area contributed by atoms with Crippen LogP contribution in [-0.4, -0.2) is 12.0 Å². The van der Waals surface area contributed by atoms with Crippen LogP contribution in [0.1, 0.15) is 30.0 Å². The lowest BCUT2D eigenvalue weighted by Crippen LogP contribution is -2.32. The number of aryl methyl sites for hydroxylation is 3. The van der Waals surface area contributed by atoms with Gasteiger partial charge in [-0.15, -0.1) is 0 Å². The molecule has 1 N–H and O–H groups in total. The molecule has 0 radical (unpaired) electrons. The highest BCUT2D eigenvalue weighted by Crippen LogP contribution is 2.22. The van der Waals surface area contributed by atoms with Crippen molar-refractivity contribution in [3.63, 3.8) is 0 Å². The lowest BCUT2D eigenvalue weighted by molar-refractivity contribution is -0.122. The Bertz CT molecular complexity index is 692. The maximum atomic E-state index is 12.4. The number of nitrogens with one attached hydrogen (secondary N) is 1. The van der Waals surface area contributed by atoms with Crippen LogP contribution in [0.3, 0.4) is 0 Å². The van der Waals surface area contributed by atoms with Crippen molar-refractivity contribution in [3.05, 3.63) is 58.1 Å². The van der Waals surface area contributed by atoms with Gasteiger partial charge in [-0.2, -0.15) is 0 Å². The summed E-state index contributed by atoms with van der Waals surface area (Å²) in [5.74, 6) is 0.540. The van der Waals surface area contributed by atoms with Crippen LogP contribution in [-0.2, 0) is 4.79 Å². The number of amides is 1. The molecule has 2 aromatic rings. The van der Waals surface area contributed by atoms with Crippen molar-refractivity contribution in [1.29, 1.82) is 0 Å². The molecule has 0 fully saturated rings. The fourth-order valence-electron chi connectivity index (χ4n) is 2.38. The van der Waals surface area contributed by atoms with Crippen molar-refractivity contribution in [2.24, 2.45) is 0 Å². The average Bonchev–Trinajstić information content (AvgIpc) is 2.47. The number of carbonyl (C=O) groups excluding carboxylic acids is 1. The first kappa shape index (κ1) is 17.4. The van der Waals surface area contributed by atoms with Crippen molar-refractivity contribution in [2.75, 3.05) is 5.32 Å². The minimum atomic E-state index is -0.545. The largest absolute Gasteiger partial charge is 0.481 e. The van der Waals surface area contributed by atoms with E-state index in [1.807, 2.05) is 52.0 Å². The molecule has 23 heavy (non-hydrogen) atoms. The van der Waals surface area contributed by atoms with Crippen LogP contribution in [0.15, 0.2) is 36.4 Å². The predicted molar refractivity (Wildman–Crippen MR) is 95.4 cm³/mol. The third-order valence-electron chi connectivity index (χ3n) is 3.58. The van der Waals surface area contributed by atoms with Crippen LogP contribution in [0.5, 0.6) is 5.75 Å². The van der Waals surface area contributed by atoms with Gasteiger partial charge in [0.2, 0.25) is 0 Å². The highest BCUT2D eigenvalue weighted by Gasteiger charge is 2.19. The average molecular weight is 332 g/mol. The standard InChI is InChI=1S/C19H22ClNO2/c1-5-18(23-16-9-12(2)8-13(3)10-16)19(22)21-15-7-6-14(4)17(20)11-15/h6-11,18H,5H2,1-4H3,(H,21,22). The highest BCUT2D eigenvalue weighted by atomic mass is 35.5.